The molecule has 2 aromatic carbocycles. The maximum absolute atomic E-state index is 12.8. The number of anilines is 1. The van der Waals surface area contributed by atoms with Gasteiger partial charge < -0.3 is 14.8 Å². The van der Waals surface area contributed by atoms with E-state index in [1.165, 1.54) is 20.1 Å². The molecule has 0 aliphatic carbocycles. The molecule has 134 valence electrons. The summed E-state index contributed by atoms with van der Waals surface area (Å²) in [7, 11) is 1.53. The Morgan fingerprint density at radius 3 is 2.28 bits per heavy atom. The average Bonchev–Trinajstić information content (AvgIpc) is 2.56. The summed E-state index contributed by atoms with van der Waals surface area (Å²) in [4.78, 5) is 12.2. The number of methoxy groups -OCH3 is 1. The van der Waals surface area contributed by atoms with Crippen LogP contribution < -0.4 is 14.8 Å². The van der Waals surface area contributed by atoms with Gasteiger partial charge in [-0.3, -0.25) is 4.79 Å². The molecule has 1 unspecified atom stereocenters. The van der Waals surface area contributed by atoms with Gasteiger partial charge in [-0.2, -0.15) is 13.2 Å². The smallest absolute Gasteiger partial charge is 0.416 e. The first-order valence-corrected chi connectivity index (χ1v) is 8.27. The average molecular weight is 465 g/mol. The summed E-state index contributed by atoms with van der Waals surface area (Å²) < 4.78 is 49.4. The molecule has 0 heterocycles. The van der Waals surface area contributed by atoms with Gasteiger partial charge in [0.25, 0.3) is 5.91 Å². The van der Waals surface area contributed by atoms with E-state index in [1.54, 1.807) is 24.3 Å². The number of halogens is 4. The third kappa shape index (κ3) is 5.25. The van der Waals surface area contributed by atoms with E-state index in [4.69, 9.17) is 9.47 Å². The molecule has 25 heavy (non-hydrogen) atoms. The summed E-state index contributed by atoms with van der Waals surface area (Å²) in [5, 5.41) is 2.47. The van der Waals surface area contributed by atoms with E-state index in [1.807, 2.05) is 22.6 Å². The molecule has 0 aliphatic rings. The lowest BCUT2D eigenvalue weighted by atomic mass is 10.2. The first kappa shape index (κ1) is 19.4. The van der Waals surface area contributed by atoms with Crippen molar-refractivity contribution >= 4 is 34.2 Å². The monoisotopic (exact) mass is 465 g/mol. The minimum absolute atomic E-state index is 0.0885. The number of hydrogen-bond donors (Lipinski definition) is 1. The van der Waals surface area contributed by atoms with Crippen molar-refractivity contribution in [3.05, 3.63) is 51.6 Å². The molecule has 0 radical (unpaired) electrons. The molecule has 1 amide bonds. The number of alkyl halides is 3. The van der Waals surface area contributed by atoms with Gasteiger partial charge in [0.1, 0.15) is 11.5 Å². The number of nitrogens with one attached hydrogen (secondary N) is 1. The van der Waals surface area contributed by atoms with Crippen LogP contribution in [0.25, 0.3) is 0 Å². The van der Waals surface area contributed by atoms with Crippen LogP contribution in [0.3, 0.4) is 0 Å². The Kier molecular flexibility index (Phi) is 6.15. The standard InChI is InChI=1S/C17H15F3INO3/c1-10(25-13-6-4-12(24-2)5-7-13)16(23)22-15-9-11(17(18,19)20)3-8-14(15)21/h3-10H,1-2H3,(H,22,23). The molecule has 0 aliphatic heterocycles. The van der Waals surface area contributed by atoms with Gasteiger partial charge >= 0.3 is 6.18 Å². The third-order valence-electron chi connectivity index (χ3n) is 3.29. The SMILES string of the molecule is COc1ccc(OC(C)C(=O)Nc2cc(C(F)(F)F)ccc2I)cc1. The van der Waals surface area contributed by atoms with Gasteiger partial charge in [0, 0.05) is 3.57 Å². The molecule has 0 bridgehead atoms. The Balaban J connectivity index is 2.07. The van der Waals surface area contributed by atoms with Crippen LogP contribution in [-0.4, -0.2) is 19.1 Å². The zero-order valence-corrected chi connectivity index (χ0v) is 15.5. The molecular weight excluding hydrogens is 450 g/mol. The van der Waals surface area contributed by atoms with Gasteiger partial charge in [-0.25, -0.2) is 0 Å². The molecule has 4 nitrogen and oxygen atoms in total. The summed E-state index contributed by atoms with van der Waals surface area (Å²) in [6.45, 7) is 1.51. The first-order valence-electron chi connectivity index (χ1n) is 7.19. The van der Waals surface area contributed by atoms with Crippen LogP contribution in [0.15, 0.2) is 42.5 Å². The van der Waals surface area contributed by atoms with Crippen molar-refractivity contribution in [2.75, 3.05) is 12.4 Å². The Morgan fingerprint density at radius 2 is 1.72 bits per heavy atom. The minimum Gasteiger partial charge on any atom is -0.497 e. The summed E-state index contributed by atoms with van der Waals surface area (Å²) in [5.41, 5.74) is -0.738. The highest BCUT2D eigenvalue weighted by Gasteiger charge is 2.31. The second-order valence-electron chi connectivity index (χ2n) is 5.12. The number of carbonyl (C=O) groups is 1. The fourth-order valence-corrected chi connectivity index (χ4v) is 2.41. The lowest BCUT2D eigenvalue weighted by molar-refractivity contribution is -0.137. The molecule has 0 fully saturated rings. The van der Waals surface area contributed by atoms with Crippen LogP contribution >= 0.6 is 22.6 Å². The fraction of sp³-hybridized carbons (Fsp3) is 0.235. The maximum Gasteiger partial charge on any atom is 0.416 e. The van der Waals surface area contributed by atoms with Gasteiger partial charge in [0.05, 0.1) is 18.4 Å². The van der Waals surface area contributed by atoms with Crippen molar-refractivity contribution in [1.29, 1.82) is 0 Å². The predicted octanol–water partition coefficient (Wildman–Crippen LogP) is 4.72. The Labute approximate surface area is 156 Å². The van der Waals surface area contributed by atoms with E-state index in [0.29, 0.717) is 15.1 Å². The lowest BCUT2D eigenvalue weighted by Gasteiger charge is -2.16. The van der Waals surface area contributed by atoms with E-state index in [2.05, 4.69) is 5.32 Å². The molecule has 0 spiro atoms. The molecule has 0 saturated heterocycles. The van der Waals surface area contributed by atoms with Crippen molar-refractivity contribution in [3.63, 3.8) is 0 Å². The predicted molar refractivity (Wildman–Crippen MR) is 95.9 cm³/mol. The number of rotatable bonds is 5. The van der Waals surface area contributed by atoms with Crippen molar-refractivity contribution in [2.24, 2.45) is 0 Å². The summed E-state index contributed by atoms with van der Waals surface area (Å²) >= 11 is 1.86. The topological polar surface area (TPSA) is 47.6 Å². The van der Waals surface area contributed by atoms with E-state index in [9.17, 15) is 18.0 Å². The molecular formula is C17H15F3INO3. The van der Waals surface area contributed by atoms with Crippen LogP contribution in [0, 0.1) is 3.57 Å². The van der Waals surface area contributed by atoms with Crippen molar-refractivity contribution < 1.29 is 27.4 Å². The van der Waals surface area contributed by atoms with Gasteiger partial charge in [0.2, 0.25) is 0 Å². The second-order valence-corrected chi connectivity index (χ2v) is 6.28. The van der Waals surface area contributed by atoms with Crippen LogP contribution in [0.1, 0.15) is 12.5 Å². The molecule has 1 atom stereocenters. The number of carbonyl (C=O) groups excluding carboxylic acids is 1. The van der Waals surface area contributed by atoms with Crippen LogP contribution in [-0.2, 0) is 11.0 Å². The zero-order chi connectivity index (χ0) is 18.6. The van der Waals surface area contributed by atoms with Gasteiger partial charge in [-0.05, 0) is 72.0 Å². The highest BCUT2D eigenvalue weighted by molar-refractivity contribution is 14.1. The summed E-state index contributed by atoms with van der Waals surface area (Å²) in [6, 6.07) is 9.79. The van der Waals surface area contributed by atoms with Gasteiger partial charge in [-0.15, -0.1) is 0 Å². The molecule has 8 heteroatoms. The third-order valence-corrected chi connectivity index (χ3v) is 4.23. The fourth-order valence-electron chi connectivity index (χ4n) is 1.94. The molecule has 1 N–H and O–H groups in total. The normalized spacial score (nSPS) is 12.4. The number of benzene rings is 2. The van der Waals surface area contributed by atoms with Crippen LogP contribution in [0.4, 0.5) is 18.9 Å². The summed E-state index contributed by atoms with van der Waals surface area (Å²) in [6.07, 6.45) is -5.37. The Bertz CT molecular complexity index is 748. The maximum atomic E-state index is 12.8. The highest BCUT2D eigenvalue weighted by Crippen LogP contribution is 2.32. The quantitative estimate of drug-likeness (QED) is 0.651. The summed E-state index contributed by atoms with van der Waals surface area (Å²) in [5.74, 6) is 0.540. The largest absolute Gasteiger partial charge is 0.497 e. The molecule has 2 rings (SSSR count). The van der Waals surface area contributed by atoms with Crippen LogP contribution in [0.2, 0.25) is 0 Å². The number of hydrogen-bond acceptors (Lipinski definition) is 3. The second kappa shape index (κ2) is 7.94. The van der Waals surface area contributed by atoms with Crippen LogP contribution in [0.5, 0.6) is 11.5 Å². The number of amides is 1. The minimum atomic E-state index is -4.48. The molecule has 0 saturated carbocycles. The Morgan fingerprint density at radius 1 is 1.12 bits per heavy atom. The van der Waals surface area contributed by atoms with E-state index < -0.39 is 23.8 Å². The molecule has 0 aromatic heterocycles. The number of ether oxygens (including phenoxy) is 2. The molecule has 2 aromatic rings. The van der Waals surface area contributed by atoms with Crippen molar-refractivity contribution in [3.8, 4) is 11.5 Å². The van der Waals surface area contributed by atoms with Crippen molar-refractivity contribution in [2.45, 2.75) is 19.2 Å². The zero-order valence-electron chi connectivity index (χ0n) is 13.4. The Hall–Kier alpha value is -1.97. The van der Waals surface area contributed by atoms with Gasteiger partial charge in [0.15, 0.2) is 6.10 Å². The van der Waals surface area contributed by atoms with Gasteiger partial charge in [-0.1, -0.05) is 0 Å². The van der Waals surface area contributed by atoms with E-state index >= 15 is 0 Å². The highest BCUT2D eigenvalue weighted by atomic mass is 127. The van der Waals surface area contributed by atoms with Crippen molar-refractivity contribution in [1.82, 2.24) is 0 Å². The van der Waals surface area contributed by atoms with E-state index in [-0.39, 0.29) is 5.69 Å². The lowest BCUT2D eigenvalue weighted by Crippen LogP contribution is -2.30. The first-order chi connectivity index (χ1) is 11.7. The van der Waals surface area contributed by atoms with E-state index in [0.717, 1.165) is 12.1 Å².